The lowest BCUT2D eigenvalue weighted by Crippen LogP contribution is -2.61. The molecule has 1 saturated heterocycles. The van der Waals surface area contributed by atoms with Crippen molar-refractivity contribution in [2.75, 3.05) is 55.8 Å². The number of nitrogens with one attached hydrogen (secondary N) is 14. The lowest BCUT2D eigenvalue weighted by Gasteiger charge is -2.30. The Kier molecular flexibility index (Phi) is 41.3. The number of carboxylic acid groups (broad SMARTS) is 1. The Labute approximate surface area is 652 Å². The summed E-state index contributed by atoms with van der Waals surface area (Å²) in [7, 11) is 0. The van der Waals surface area contributed by atoms with Crippen LogP contribution in [0.5, 0.6) is 5.75 Å². The van der Waals surface area contributed by atoms with Crippen LogP contribution in [0.4, 0.5) is 0 Å². The zero-order chi connectivity index (χ0) is 82.5. The smallest absolute Gasteiger partial charge is 0.327 e. The highest BCUT2D eigenvalue weighted by Gasteiger charge is 2.41. The number of phenols is 1. The van der Waals surface area contributed by atoms with Gasteiger partial charge < -0.3 is 129 Å². The predicted octanol–water partition coefficient (Wildman–Crippen LogP) is -11.1. The minimum absolute atomic E-state index is 0.0127. The first-order valence-electron chi connectivity index (χ1n) is 34.3. The highest BCUT2D eigenvalue weighted by molar-refractivity contribution is 7.80. The summed E-state index contributed by atoms with van der Waals surface area (Å²) < 4.78 is 0. The third-order valence-electron chi connectivity index (χ3n) is 16.4. The van der Waals surface area contributed by atoms with E-state index in [1.165, 1.54) is 55.5 Å². The number of carbonyl (C=O) groups excluding carboxylic acids is 16. The maximum Gasteiger partial charge on any atom is 0.327 e. The Morgan fingerprint density at radius 2 is 1.02 bits per heavy atom. The second-order valence-corrected chi connectivity index (χ2v) is 26.6. The van der Waals surface area contributed by atoms with Gasteiger partial charge in [0.15, 0.2) is 5.96 Å². The van der Waals surface area contributed by atoms with Crippen LogP contribution in [0.3, 0.4) is 0 Å². The number of rotatable bonds is 49. The van der Waals surface area contributed by atoms with Gasteiger partial charge in [0.2, 0.25) is 94.5 Å². The average molecular weight is 1630 g/mol. The van der Waals surface area contributed by atoms with Gasteiger partial charge in [-0.05, 0) is 83.0 Å². The number of primary amides is 2. The molecule has 1 aliphatic heterocycles. The van der Waals surface area contributed by atoms with Gasteiger partial charge in [0.05, 0.1) is 38.4 Å². The molecule has 16 amide bonds. The quantitative estimate of drug-likeness (QED) is 0.0127. The molecule has 110 heavy (non-hydrogen) atoms. The van der Waals surface area contributed by atoms with Gasteiger partial charge in [-0.3, -0.25) is 81.7 Å². The minimum atomic E-state index is -1.86. The summed E-state index contributed by atoms with van der Waals surface area (Å²) in [6.07, 6.45) is 1.41. The molecule has 0 bridgehead atoms. The van der Waals surface area contributed by atoms with Crippen LogP contribution in [-0.4, -0.2) is 277 Å². The number of hydrogen-bond acceptors (Lipinski definition) is 27. The summed E-state index contributed by atoms with van der Waals surface area (Å²) in [5, 5.41) is 60.4. The molecule has 14 atom stereocenters. The Morgan fingerprint density at radius 3 is 1.55 bits per heavy atom. The van der Waals surface area contributed by atoms with Crippen LogP contribution in [0.15, 0.2) is 41.8 Å². The number of carboxylic acids is 1. The molecule has 43 nitrogen and oxygen atoms in total. The molecule has 2 aromatic rings. The second kappa shape index (κ2) is 48.3. The summed E-state index contributed by atoms with van der Waals surface area (Å²) in [6.45, 7) is 0.891. The fourth-order valence-electron chi connectivity index (χ4n) is 10.4. The van der Waals surface area contributed by atoms with Crippen LogP contribution in [0.2, 0.25) is 0 Å². The van der Waals surface area contributed by atoms with Gasteiger partial charge in [-0.15, -0.1) is 0 Å². The third-order valence-corrected chi connectivity index (χ3v) is 17.9. The number of aliphatic carboxylic acids is 1. The van der Waals surface area contributed by atoms with E-state index in [2.05, 4.69) is 135 Å². The maximum atomic E-state index is 14.6. The minimum Gasteiger partial charge on any atom is -0.508 e. The molecule has 1 aromatic heterocycles. The van der Waals surface area contributed by atoms with E-state index in [0.29, 0.717) is 17.7 Å². The van der Waals surface area contributed by atoms with Crippen molar-refractivity contribution in [3.63, 3.8) is 0 Å². The Morgan fingerprint density at radius 1 is 0.555 bits per heavy atom. The molecule has 1 aromatic carbocycles. The fraction of sp³-hybridized carbons (Fsp3) is 0.571. The summed E-state index contributed by atoms with van der Waals surface area (Å²) in [6, 6.07) is -15.8. The number of aromatic nitrogens is 2. The van der Waals surface area contributed by atoms with Crippen LogP contribution in [-0.2, 0) is 94.3 Å². The average Bonchev–Trinajstić information content (AvgIpc) is 1.63. The second-order valence-electron chi connectivity index (χ2n) is 25.1. The number of imidazole rings is 1. The van der Waals surface area contributed by atoms with Crippen LogP contribution in [0.25, 0.3) is 0 Å². The van der Waals surface area contributed by atoms with E-state index >= 15 is 0 Å². The summed E-state index contributed by atoms with van der Waals surface area (Å²) in [4.78, 5) is 239. The van der Waals surface area contributed by atoms with Crippen molar-refractivity contribution in [3.05, 3.63) is 48.0 Å². The first kappa shape index (κ1) is 94.0. The lowest BCUT2D eigenvalue weighted by molar-refractivity contribution is -0.142. The number of carbonyl (C=O) groups is 17. The van der Waals surface area contributed by atoms with E-state index in [1.807, 2.05) is 0 Å². The number of aliphatic imine (C=N–C) groups is 1. The standard InChI is InChI=1S/C63H99N23O20S4/c1-29(49(92)77-36(7-3-4-14-64)53(96)79-38(20-47(67)90)55(98)78-37(17-31-10-12-33(88)13-11-31)54(97)81-40(23-87)56(99)85-44(27-110)62(105)106)74-57(100)41(24-107)82-50(93)30(2)75-60(103)45-9-6-16-86(45)61(104)39(18-32-21-70-28-73-32)80-58(101)42(25-108)84-59(102)43(26-109)83-52(95)35(8-5-15-71-63(68)69)76-48(91)22-72-51(94)34(65)19-46(66)89/h10-13,21,28-30,34-45,87-88,107-110H,3-9,14-20,22-27,64-65H2,1-2H3,(H2,66,89)(H2,67,90)(H,70,73)(H,72,94)(H,74,100)(H,75,103)(H,76,91)(H,77,92)(H,78,98)(H,79,96)(H,80,101)(H,81,97)(H,82,93)(H,83,95)(H,84,102)(H,85,99)(H,105,106)(H4,68,69,71)/t29-,30-,34-,35-,36-,37-,38-,39-,40-,41-,42-,43-,44-,45-/m0/s1. The number of phenolic OH excluding ortho intramolecular Hbond substituents is 1. The highest BCUT2D eigenvalue weighted by atomic mass is 32.1. The third kappa shape index (κ3) is 32.5. The van der Waals surface area contributed by atoms with Crippen LogP contribution < -0.4 is 104 Å². The topological polar surface area (TPSA) is 708 Å². The van der Waals surface area contributed by atoms with E-state index in [1.54, 1.807) is 0 Å². The van der Waals surface area contributed by atoms with E-state index in [4.69, 9.17) is 34.4 Å². The molecule has 1 fully saturated rings. The number of thiol groups is 4. The van der Waals surface area contributed by atoms with Crippen molar-refractivity contribution in [2.45, 2.75) is 169 Å². The Balaban J connectivity index is 1.74. The van der Waals surface area contributed by atoms with Crippen molar-refractivity contribution in [1.82, 2.24) is 84.0 Å². The number of benzene rings is 1. The largest absolute Gasteiger partial charge is 0.508 e. The molecule has 610 valence electrons. The first-order valence-corrected chi connectivity index (χ1v) is 36.9. The van der Waals surface area contributed by atoms with Crippen LogP contribution in [0.1, 0.15) is 82.9 Å². The number of aliphatic hydroxyl groups excluding tert-OH is 1. The van der Waals surface area contributed by atoms with Gasteiger partial charge in [0.1, 0.15) is 84.3 Å². The van der Waals surface area contributed by atoms with Crippen molar-refractivity contribution in [3.8, 4) is 5.75 Å². The normalized spacial score (nSPS) is 15.9. The van der Waals surface area contributed by atoms with Crippen molar-refractivity contribution >= 4 is 157 Å². The van der Waals surface area contributed by atoms with Gasteiger partial charge in [-0.1, -0.05) is 12.1 Å². The van der Waals surface area contributed by atoms with Gasteiger partial charge in [0, 0.05) is 60.8 Å². The zero-order valence-corrected chi connectivity index (χ0v) is 63.6. The molecule has 29 N–H and O–H groups in total. The molecule has 0 unspecified atom stereocenters. The monoisotopic (exact) mass is 1630 g/mol. The predicted molar refractivity (Wildman–Crippen MR) is 405 cm³/mol. The number of aromatic hydroxyl groups is 1. The molecular weight excluding hydrogens is 1530 g/mol. The van der Waals surface area contributed by atoms with Crippen molar-refractivity contribution in [1.29, 1.82) is 0 Å². The number of aliphatic hydroxyl groups is 1. The van der Waals surface area contributed by atoms with Crippen molar-refractivity contribution in [2.24, 2.45) is 39.4 Å². The molecule has 0 aliphatic carbocycles. The number of aromatic amines is 1. The molecule has 2 heterocycles. The zero-order valence-electron chi connectivity index (χ0n) is 60.1. The molecular formula is C63H99N23O20S4. The Bertz CT molecular complexity index is 3570. The number of amides is 16. The number of nitrogens with two attached hydrogens (primary N) is 6. The lowest BCUT2D eigenvalue weighted by atomic mass is 10.0. The molecule has 3 rings (SSSR count). The Hall–Kier alpha value is -10.2. The molecule has 0 spiro atoms. The van der Waals surface area contributed by atoms with Crippen LogP contribution >= 0.6 is 50.5 Å². The number of nitrogens with zero attached hydrogens (tertiary/aromatic N) is 3. The van der Waals surface area contributed by atoms with Gasteiger partial charge in [0.25, 0.3) is 0 Å². The molecule has 1 aliphatic rings. The van der Waals surface area contributed by atoms with Gasteiger partial charge >= 0.3 is 5.97 Å². The number of hydrogen-bond donors (Lipinski definition) is 27. The van der Waals surface area contributed by atoms with Crippen LogP contribution in [0, 0.1) is 0 Å². The van der Waals surface area contributed by atoms with E-state index in [9.17, 15) is 96.8 Å². The number of likely N-dealkylation sites (tertiary alicyclic amines) is 1. The molecule has 47 heteroatoms. The van der Waals surface area contributed by atoms with Crippen molar-refractivity contribution < 1.29 is 96.8 Å². The SMILES string of the molecule is C[C@H](NC(=O)[C@H](CS)NC(=O)[C@H](C)NC(=O)[C@@H]1CCCN1C(=O)[C@H](Cc1cnc[nH]1)NC(=O)[C@H](CS)NC(=O)[C@H](CS)NC(=O)[C@H](CCCN=C(N)N)NC(=O)CNC(=O)[C@@H](N)CC(N)=O)C(=O)N[C@@H](CCCCN)C(=O)N[C@@H](CC(N)=O)C(=O)N[C@@H](Cc1ccc(O)cc1)C(=O)N[C@@H](CO)C(=O)N[C@@H](CS)C(=O)O. The number of guanidine groups is 1. The fourth-order valence-corrected chi connectivity index (χ4v) is 11.4. The summed E-state index contributed by atoms with van der Waals surface area (Å²) >= 11 is 16.6. The van der Waals surface area contributed by atoms with Gasteiger partial charge in [-0.2, -0.15) is 50.5 Å². The molecule has 0 saturated carbocycles. The van der Waals surface area contributed by atoms with E-state index < -0.39 is 211 Å². The summed E-state index contributed by atoms with van der Waals surface area (Å²) in [5.74, 6) is -19.0. The maximum absolute atomic E-state index is 14.6. The number of H-pyrrole nitrogens is 1. The summed E-state index contributed by atoms with van der Waals surface area (Å²) in [5.41, 5.74) is 33.4. The molecule has 0 radical (unpaired) electrons. The van der Waals surface area contributed by atoms with E-state index in [0.717, 1.165) is 0 Å². The van der Waals surface area contributed by atoms with E-state index in [-0.39, 0.29) is 106 Å². The van der Waals surface area contributed by atoms with Gasteiger partial charge in [-0.25, -0.2) is 9.78 Å². The highest BCUT2D eigenvalue weighted by Crippen LogP contribution is 2.21. The first-order chi connectivity index (χ1) is 52.0. The number of unbranched alkanes of at least 4 members (excludes halogenated alkanes) is 1.